The lowest BCUT2D eigenvalue weighted by atomic mass is 10.1. The molecule has 2 aromatic rings. The summed E-state index contributed by atoms with van der Waals surface area (Å²) in [5.41, 5.74) is 3.54. The van der Waals surface area contributed by atoms with Crippen LogP contribution in [-0.2, 0) is 4.79 Å². The highest BCUT2D eigenvalue weighted by molar-refractivity contribution is 8.00. The van der Waals surface area contributed by atoms with Gasteiger partial charge in [-0.15, -0.1) is 0 Å². The van der Waals surface area contributed by atoms with Gasteiger partial charge in [0.25, 0.3) is 0 Å². The molecule has 0 fully saturated rings. The molecule has 0 aliphatic rings. The summed E-state index contributed by atoms with van der Waals surface area (Å²) in [7, 11) is 3.55. The quantitative estimate of drug-likeness (QED) is 0.815. The number of rotatable bonds is 4. The number of hydrogen-bond acceptors (Lipinski definition) is 3. The molecule has 1 heterocycles. The topological polar surface area (TPSA) is 38.1 Å². The summed E-state index contributed by atoms with van der Waals surface area (Å²) < 4.78 is 2.04. The second kappa shape index (κ2) is 6.35. The summed E-state index contributed by atoms with van der Waals surface area (Å²) in [5.74, 6) is 0.0928. The van der Waals surface area contributed by atoms with Crippen molar-refractivity contribution in [2.75, 3.05) is 14.1 Å². The Morgan fingerprint density at radius 1 is 1.33 bits per heavy atom. The Morgan fingerprint density at radius 3 is 2.67 bits per heavy atom. The van der Waals surface area contributed by atoms with Gasteiger partial charge in [0.2, 0.25) is 5.91 Å². The molecule has 21 heavy (non-hydrogen) atoms. The highest BCUT2D eigenvalue weighted by Crippen LogP contribution is 2.27. The van der Waals surface area contributed by atoms with E-state index in [1.165, 1.54) is 22.9 Å². The van der Waals surface area contributed by atoms with E-state index in [4.69, 9.17) is 0 Å². The predicted molar refractivity (Wildman–Crippen MR) is 87.1 cm³/mol. The first kappa shape index (κ1) is 15.6. The van der Waals surface area contributed by atoms with Crippen molar-refractivity contribution < 1.29 is 4.79 Å². The number of carbonyl (C=O) groups is 1. The molecule has 4 nitrogen and oxygen atoms in total. The molecule has 0 aliphatic carbocycles. The Balaban J connectivity index is 2.29. The predicted octanol–water partition coefficient (Wildman–Crippen LogP) is 3.06. The van der Waals surface area contributed by atoms with Crippen molar-refractivity contribution in [3.05, 3.63) is 41.7 Å². The zero-order chi connectivity index (χ0) is 15.6. The van der Waals surface area contributed by atoms with E-state index in [2.05, 4.69) is 37.0 Å². The first-order valence-electron chi connectivity index (χ1n) is 6.89. The third-order valence-corrected chi connectivity index (χ3v) is 4.36. The molecule has 112 valence electrons. The molecular weight excluding hydrogens is 282 g/mol. The second-order valence-corrected chi connectivity index (χ2v) is 6.67. The van der Waals surface area contributed by atoms with E-state index in [9.17, 15) is 4.79 Å². The molecule has 0 spiro atoms. The zero-order valence-corrected chi connectivity index (χ0v) is 13.9. The first-order valence-corrected chi connectivity index (χ1v) is 7.77. The van der Waals surface area contributed by atoms with Gasteiger partial charge < -0.3 is 4.90 Å². The molecule has 0 N–H and O–H groups in total. The van der Waals surface area contributed by atoms with Crippen LogP contribution in [0.4, 0.5) is 0 Å². The summed E-state index contributed by atoms with van der Waals surface area (Å²) >= 11 is 1.48. The number of nitrogens with zero attached hydrogens (tertiary/aromatic N) is 3. The van der Waals surface area contributed by atoms with Crippen molar-refractivity contribution in [2.45, 2.75) is 31.2 Å². The molecule has 1 aromatic carbocycles. The molecule has 5 heteroatoms. The van der Waals surface area contributed by atoms with Crippen LogP contribution in [0.15, 0.2) is 35.7 Å². The Labute approximate surface area is 130 Å². The Kier molecular flexibility index (Phi) is 4.73. The van der Waals surface area contributed by atoms with Crippen LogP contribution in [0.25, 0.3) is 5.69 Å². The van der Waals surface area contributed by atoms with E-state index in [0.717, 1.165) is 10.8 Å². The minimum Gasteiger partial charge on any atom is -0.348 e. The highest BCUT2D eigenvalue weighted by atomic mass is 32.2. The van der Waals surface area contributed by atoms with Gasteiger partial charge in [0.05, 0.1) is 10.9 Å². The molecule has 2 rings (SSSR count). The Bertz CT molecular complexity index is 649. The van der Waals surface area contributed by atoms with E-state index in [0.29, 0.717) is 0 Å². The Hall–Kier alpha value is -1.75. The third kappa shape index (κ3) is 3.47. The number of amides is 1. The summed E-state index contributed by atoms with van der Waals surface area (Å²) in [4.78, 5) is 18.0. The van der Waals surface area contributed by atoms with E-state index in [-0.39, 0.29) is 11.2 Å². The number of imidazole rings is 1. The molecule has 0 bridgehead atoms. The molecule has 0 radical (unpaired) electrons. The van der Waals surface area contributed by atoms with Gasteiger partial charge in [0.15, 0.2) is 5.16 Å². The summed E-state index contributed by atoms with van der Waals surface area (Å²) in [6, 6.07) is 6.33. The first-order chi connectivity index (χ1) is 9.90. The van der Waals surface area contributed by atoms with Gasteiger partial charge >= 0.3 is 0 Å². The smallest absolute Gasteiger partial charge is 0.235 e. The van der Waals surface area contributed by atoms with E-state index < -0.39 is 0 Å². The van der Waals surface area contributed by atoms with Gasteiger partial charge in [0, 0.05) is 26.5 Å². The van der Waals surface area contributed by atoms with Gasteiger partial charge in [-0.1, -0.05) is 29.5 Å². The van der Waals surface area contributed by atoms with Crippen LogP contribution < -0.4 is 0 Å². The van der Waals surface area contributed by atoms with Crippen molar-refractivity contribution in [1.29, 1.82) is 0 Å². The van der Waals surface area contributed by atoms with Gasteiger partial charge in [-0.2, -0.15) is 0 Å². The fraction of sp³-hybridized carbons (Fsp3) is 0.375. The summed E-state index contributed by atoms with van der Waals surface area (Å²) in [5, 5.41) is 0.677. The average molecular weight is 303 g/mol. The molecule has 1 aromatic heterocycles. The van der Waals surface area contributed by atoms with Crippen molar-refractivity contribution in [2.24, 2.45) is 0 Å². The highest BCUT2D eigenvalue weighted by Gasteiger charge is 2.19. The van der Waals surface area contributed by atoms with Crippen LogP contribution in [0.5, 0.6) is 0 Å². The van der Waals surface area contributed by atoms with E-state index in [1.54, 1.807) is 25.2 Å². The fourth-order valence-electron chi connectivity index (χ4n) is 2.21. The van der Waals surface area contributed by atoms with Crippen LogP contribution >= 0.6 is 11.8 Å². The van der Waals surface area contributed by atoms with Crippen molar-refractivity contribution >= 4 is 17.7 Å². The average Bonchev–Trinajstić information content (AvgIpc) is 2.85. The second-order valence-electron chi connectivity index (χ2n) is 5.36. The van der Waals surface area contributed by atoms with Crippen LogP contribution in [-0.4, -0.2) is 39.7 Å². The lowest BCUT2D eigenvalue weighted by Gasteiger charge is -2.17. The van der Waals surface area contributed by atoms with Crippen LogP contribution in [0.1, 0.15) is 18.1 Å². The fourth-order valence-corrected chi connectivity index (χ4v) is 3.23. The van der Waals surface area contributed by atoms with Crippen molar-refractivity contribution in [3.63, 3.8) is 0 Å². The summed E-state index contributed by atoms with van der Waals surface area (Å²) in [6.07, 6.45) is 3.71. The van der Waals surface area contributed by atoms with Gasteiger partial charge in [-0.05, 0) is 32.4 Å². The molecule has 1 unspecified atom stereocenters. The number of benzene rings is 1. The number of hydrogen-bond donors (Lipinski definition) is 0. The maximum absolute atomic E-state index is 12.0. The maximum atomic E-state index is 12.0. The lowest BCUT2D eigenvalue weighted by Crippen LogP contribution is -2.29. The van der Waals surface area contributed by atoms with Gasteiger partial charge in [-0.3, -0.25) is 9.36 Å². The normalized spacial score (nSPS) is 12.2. The SMILES string of the molecule is Cc1ccc(-n2ccnc2SC(C)C(=O)N(C)C)c(C)c1. The molecule has 1 amide bonds. The molecule has 0 saturated carbocycles. The number of aryl methyl sites for hydroxylation is 2. The number of aromatic nitrogens is 2. The monoisotopic (exact) mass is 303 g/mol. The van der Waals surface area contributed by atoms with Gasteiger partial charge in [-0.25, -0.2) is 4.98 Å². The maximum Gasteiger partial charge on any atom is 0.235 e. The Morgan fingerprint density at radius 2 is 2.05 bits per heavy atom. The van der Waals surface area contributed by atoms with Crippen LogP contribution in [0, 0.1) is 13.8 Å². The zero-order valence-electron chi connectivity index (χ0n) is 13.1. The minimum atomic E-state index is -0.160. The van der Waals surface area contributed by atoms with Crippen molar-refractivity contribution in [1.82, 2.24) is 14.5 Å². The summed E-state index contributed by atoms with van der Waals surface area (Å²) in [6.45, 7) is 6.08. The van der Waals surface area contributed by atoms with Gasteiger partial charge in [0.1, 0.15) is 0 Å². The molecule has 0 saturated heterocycles. The number of thioether (sulfide) groups is 1. The van der Waals surface area contributed by atoms with Crippen LogP contribution in [0.2, 0.25) is 0 Å². The third-order valence-electron chi connectivity index (χ3n) is 3.29. The molecule has 1 atom stereocenters. The van der Waals surface area contributed by atoms with Crippen molar-refractivity contribution in [3.8, 4) is 5.69 Å². The van der Waals surface area contributed by atoms with E-state index in [1.807, 2.05) is 17.7 Å². The molecule has 0 aliphatic heterocycles. The lowest BCUT2D eigenvalue weighted by molar-refractivity contribution is -0.127. The van der Waals surface area contributed by atoms with E-state index >= 15 is 0 Å². The van der Waals surface area contributed by atoms with Crippen LogP contribution in [0.3, 0.4) is 0 Å². The largest absolute Gasteiger partial charge is 0.348 e. The molecular formula is C16H21N3OS. The number of carbonyl (C=O) groups excluding carboxylic acids is 1. The standard InChI is InChI=1S/C16H21N3OS/c1-11-6-7-14(12(2)10-11)19-9-8-17-16(19)21-13(3)15(20)18(4)5/h6-10,13H,1-5H3. The minimum absolute atomic E-state index is 0.0928.